The van der Waals surface area contributed by atoms with E-state index in [2.05, 4.69) is 10.3 Å². The molecule has 0 atom stereocenters. The number of nitrogens with one attached hydrogen (secondary N) is 2. The van der Waals surface area contributed by atoms with E-state index in [0.717, 1.165) is 0 Å². The zero-order valence-electron chi connectivity index (χ0n) is 9.42. The minimum absolute atomic E-state index is 0.233. The Labute approximate surface area is 99.3 Å². The number of H-pyrrole nitrogens is 1. The highest BCUT2D eigenvalue weighted by Crippen LogP contribution is 2.05. The lowest BCUT2D eigenvalue weighted by molar-refractivity contribution is 0.0914. The van der Waals surface area contributed by atoms with Gasteiger partial charge in [-0.15, -0.1) is 0 Å². The zero-order chi connectivity index (χ0) is 12.3. The molecule has 0 aliphatic heterocycles. The highest BCUT2D eigenvalue weighted by Gasteiger charge is 2.15. The minimum atomic E-state index is -0.305. The predicted octanol–water partition coefficient (Wildman–Crippen LogP) is 2.14. The molecule has 0 radical (unpaired) electrons. The van der Waals surface area contributed by atoms with Crippen LogP contribution in [0.2, 0.25) is 0 Å². The highest BCUT2D eigenvalue weighted by molar-refractivity contribution is 7.71. The molecule has 0 spiro atoms. The molecule has 1 rings (SSSR count). The number of hydrogen-bond acceptors (Lipinski definition) is 3. The molecule has 1 amide bonds. The number of pyridine rings is 1. The molecule has 0 fully saturated rings. The van der Waals surface area contributed by atoms with E-state index in [0.29, 0.717) is 11.3 Å². The summed E-state index contributed by atoms with van der Waals surface area (Å²) in [5, 5.41) is 11.5. The Morgan fingerprint density at radius 1 is 1.50 bits per heavy atom. The molecule has 1 aromatic heterocycles. The van der Waals surface area contributed by atoms with E-state index in [1.165, 1.54) is 6.07 Å². The molecular weight excluding hydrogens is 222 g/mol. The Balaban J connectivity index is 3.00. The molecule has 4 nitrogen and oxygen atoms in total. The van der Waals surface area contributed by atoms with Crippen molar-refractivity contribution in [1.82, 2.24) is 10.3 Å². The Bertz CT molecular complexity index is 505. The number of carbonyl (C=O) groups is 1. The molecule has 5 heteroatoms. The monoisotopic (exact) mass is 235 g/mol. The molecule has 0 aliphatic carbocycles. The maximum atomic E-state index is 11.7. The van der Waals surface area contributed by atoms with Gasteiger partial charge in [-0.3, -0.25) is 4.79 Å². The van der Waals surface area contributed by atoms with Gasteiger partial charge in [0, 0.05) is 5.54 Å². The first-order chi connectivity index (χ1) is 7.33. The van der Waals surface area contributed by atoms with E-state index in [4.69, 9.17) is 17.5 Å². The fourth-order valence-electron chi connectivity index (χ4n) is 1.10. The van der Waals surface area contributed by atoms with Gasteiger partial charge in [0.1, 0.15) is 16.4 Å². The van der Waals surface area contributed by atoms with E-state index in [-0.39, 0.29) is 16.1 Å². The van der Waals surface area contributed by atoms with Crippen LogP contribution in [0.4, 0.5) is 0 Å². The topological polar surface area (TPSA) is 68.7 Å². The van der Waals surface area contributed by atoms with Crippen LogP contribution in [0.1, 0.15) is 36.8 Å². The van der Waals surface area contributed by atoms with E-state index < -0.39 is 0 Å². The van der Waals surface area contributed by atoms with Gasteiger partial charge in [0.15, 0.2) is 0 Å². The van der Waals surface area contributed by atoms with Crippen LogP contribution in [0.15, 0.2) is 12.1 Å². The third-order valence-electron chi connectivity index (χ3n) is 1.76. The summed E-state index contributed by atoms with van der Waals surface area (Å²) in [7, 11) is 0. The smallest absolute Gasteiger partial charge is 0.268 e. The van der Waals surface area contributed by atoms with Crippen LogP contribution in [0.3, 0.4) is 0 Å². The Morgan fingerprint density at radius 3 is 2.56 bits per heavy atom. The molecule has 1 aromatic rings. The summed E-state index contributed by atoms with van der Waals surface area (Å²) in [6.45, 7) is 5.68. The number of hydrogen-bond donors (Lipinski definition) is 2. The number of nitrogens with zero attached hydrogens (tertiary/aromatic N) is 1. The number of aromatic amines is 1. The summed E-state index contributed by atoms with van der Waals surface area (Å²) in [4.78, 5) is 14.5. The summed E-state index contributed by atoms with van der Waals surface area (Å²) in [6, 6.07) is 5.03. The molecule has 0 saturated carbocycles. The van der Waals surface area contributed by atoms with Crippen LogP contribution < -0.4 is 5.32 Å². The van der Waals surface area contributed by atoms with E-state index in [1.54, 1.807) is 6.07 Å². The predicted molar refractivity (Wildman–Crippen MR) is 63.6 cm³/mol. The third kappa shape index (κ3) is 3.17. The van der Waals surface area contributed by atoms with Gasteiger partial charge in [0.05, 0.1) is 5.56 Å². The molecule has 0 aromatic carbocycles. The Hall–Kier alpha value is -1.67. The van der Waals surface area contributed by atoms with Gasteiger partial charge >= 0.3 is 0 Å². The minimum Gasteiger partial charge on any atom is -0.346 e. The number of carbonyl (C=O) groups excluding carboxylic acids is 1. The Morgan fingerprint density at radius 2 is 2.12 bits per heavy atom. The lowest BCUT2D eigenvalue weighted by Gasteiger charge is -2.20. The molecule has 0 aliphatic rings. The summed E-state index contributed by atoms with van der Waals surface area (Å²) >= 11 is 4.94. The largest absolute Gasteiger partial charge is 0.346 e. The maximum absolute atomic E-state index is 11.7. The highest BCUT2D eigenvalue weighted by atomic mass is 32.1. The first-order valence-electron chi connectivity index (χ1n) is 4.79. The lowest BCUT2D eigenvalue weighted by Crippen LogP contribution is -2.40. The fraction of sp³-hybridized carbons (Fsp3) is 0.364. The van der Waals surface area contributed by atoms with Gasteiger partial charge in [0.2, 0.25) is 0 Å². The molecule has 0 bridgehead atoms. The van der Waals surface area contributed by atoms with Gasteiger partial charge in [-0.25, -0.2) is 0 Å². The van der Waals surface area contributed by atoms with Crippen molar-refractivity contribution in [2.24, 2.45) is 0 Å². The van der Waals surface area contributed by atoms with Gasteiger partial charge in [-0.05, 0) is 32.9 Å². The van der Waals surface area contributed by atoms with Crippen molar-refractivity contribution < 1.29 is 4.79 Å². The van der Waals surface area contributed by atoms with Crippen LogP contribution in [0.5, 0.6) is 0 Å². The van der Waals surface area contributed by atoms with Crippen LogP contribution in [-0.2, 0) is 0 Å². The number of amides is 1. The van der Waals surface area contributed by atoms with Gasteiger partial charge < -0.3 is 10.3 Å². The van der Waals surface area contributed by atoms with E-state index in [1.807, 2.05) is 26.8 Å². The van der Waals surface area contributed by atoms with Crippen molar-refractivity contribution in [2.45, 2.75) is 26.3 Å². The van der Waals surface area contributed by atoms with E-state index >= 15 is 0 Å². The summed E-state index contributed by atoms with van der Waals surface area (Å²) in [5.74, 6) is -0.233. The normalized spacial score (nSPS) is 10.6. The van der Waals surface area contributed by atoms with Crippen LogP contribution in [0.25, 0.3) is 0 Å². The fourth-order valence-corrected chi connectivity index (χ4v) is 1.33. The van der Waals surface area contributed by atoms with Crippen molar-refractivity contribution >= 4 is 18.1 Å². The van der Waals surface area contributed by atoms with Crippen molar-refractivity contribution in [1.29, 1.82) is 5.26 Å². The van der Waals surface area contributed by atoms with Crippen molar-refractivity contribution in [3.05, 3.63) is 28.0 Å². The van der Waals surface area contributed by atoms with Gasteiger partial charge in [-0.2, -0.15) is 5.26 Å². The molecular formula is C11H13N3OS. The third-order valence-corrected chi connectivity index (χ3v) is 2.09. The maximum Gasteiger partial charge on any atom is 0.268 e. The average Bonchev–Trinajstić information content (AvgIpc) is 2.15. The standard InChI is InChI=1S/C11H13N3OS/c1-11(2,3)14-9(15)8-5-4-7(6-12)10(16)13-8/h4-5H,1-3H3,(H,13,16)(H,14,15). The average molecular weight is 235 g/mol. The van der Waals surface area contributed by atoms with Gasteiger partial charge in [-0.1, -0.05) is 12.2 Å². The summed E-state index contributed by atoms with van der Waals surface area (Å²) in [5.41, 5.74) is 0.418. The number of rotatable bonds is 1. The molecule has 1 heterocycles. The zero-order valence-corrected chi connectivity index (χ0v) is 10.2. The van der Waals surface area contributed by atoms with Crippen molar-refractivity contribution in [3.8, 4) is 6.07 Å². The molecule has 16 heavy (non-hydrogen) atoms. The van der Waals surface area contributed by atoms with Crippen LogP contribution >= 0.6 is 12.2 Å². The first kappa shape index (κ1) is 12.4. The van der Waals surface area contributed by atoms with Crippen molar-refractivity contribution in [2.75, 3.05) is 0 Å². The number of aromatic nitrogens is 1. The van der Waals surface area contributed by atoms with Crippen LogP contribution in [-0.4, -0.2) is 16.4 Å². The quantitative estimate of drug-likeness (QED) is 0.733. The lowest BCUT2D eigenvalue weighted by atomic mass is 10.1. The summed E-state index contributed by atoms with van der Waals surface area (Å²) < 4.78 is 0.282. The SMILES string of the molecule is CC(C)(C)NC(=O)c1ccc(C#N)c(=S)[nH]1. The van der Waals surface area contributed by atoms with Crippen LogP contribution in [0, 0.1) is 16.0 Å². The second kappa shape index (κ2) is 4.45. The summed E-state index contributed by atoms with van der Waals surface area (Å²) in [6.07, 6.45) is 0. The van der Waals surface area contributed by atoms with Gasteiger partial charge in [0.25, 0.3) is 5.91 Å². The Kier molecular flexibility index (Phi) is 3.45. The molecule has 0 unspecified atom stereocenters. The molecule has 84 valence electrons. The first-order valence-corrected chi connectivity index (χ1v) is 5.20. The second-order valence-corrected chi connectivity index (χ2v) is 4.84. The van der Waals surface area contributed by atoms with Crippen molar-refractivity contribution in [3.63, 3.8) is 0 Å². The second-order valence-electron chi connectivity index (χ2n) is 4.43. The van der Waals surface area contributed by atoms with E-state index in [9.17, 15) is 4.79 Å². The molecule has 2 N–H and O–H groups in total. The number of nitriles is 1. The molecule has 0 saturated heterocycles.